The molecule has 6 heteroatoms. The largest absolute Gasteiger partial charge is 0.378 e. The highest BCUT2D eigenvalue weighted by molar-refractivity contribution is 9.10. The minimum Gasteiger partial charge on any atom is -0.378 e. The van der Waals surface area contributed by atoms with E-state index >= 15 is 0 Å². The number of carbonyl (C=O) groups is 1. The molecule has 1 unspecified atom stereocenters. The average Bonchev–Trinajstić information content (AvgIpc) is 2.41. The first kappa shape index (κ1) is 14.8. The van der Waals surface area contributed by atoms with Crippen molar-refractivity contribution in [3.63, 3.8) is 0 Å². The number of ether oxygens (including phenoxy) is 1. The van der Waals surface area contributed by atoms with Gasteiger partial charge in [0.25, 0.3) is 0 Å². The fourth-order valence-electron chi connectivity index (χ4n) is 2.10. The molecule has 1 aliphatic rings. The smallest absolute Gasteiger partial charge is 0.239 e. The van der Waals surface area contributed by atoms with Gasteiger partial charge < -0.3 is 10.1 Å². The summed E-state index contributed by atoms with van der Waals surface area (Å²) in [6.45, 7) is 2.44. The highest BCUT2D eigenvalue weighted by Gasteiger charge is 2.28. The minimum atomic E-state index is -0.251. The van der Waals surface area contributed by atoms with E-state index in [0.29, 0.717) is 24.8 Å². The van der Waals surface area contributed by atoms with Crippen molar-refractivity contribution in [3.05, 3.63) is 33.3 Å². The van der Waals surface area contributed by atoms with Gasteiger partial charge in [-0.1, -0.05) is 33.6 Å². The molecule has 1 fully saturated rings. The van der Waals surface area contributed by atoms with Gasteiger partial charge in [-0.05, 0) is 17.7 Å². The van der Waals surface area contributed by atoms with Crippen molar-refractivity contribution in [1.82, 2.24) is 10.2 Å². The van der Waals surface area contributed by atoms with E-state index in [2.05, 4.69) is 26.1 Å². The summed E-state index contributed by atoms with van der Waals surface area (Å²) in [7, 11) is 1.64. The molecule has 1 aromatic carbocycles. The molecular weight excluding hydrogens is 332 g/mol. The molecule has 1 amide bonds. The van der Waals surface area contributed by atoms with Crippen LogP contribution in [0.25, 0.3) is 0 Å². The van der Waals surface area contributed by atoms with Crippen LogP contribution >= 0.6 is 27.5 Å². The van der Waals surface area contributed by atoms with Crippen molar-refractivity contribution in [2.24, 2.45) is 0 Å². The minimum absolute atomic E-state index is 0.0204. The average molecular weight is 348 g/mol. The van der Waals surface area contributed by atoms with Crippen LogP contribution in [0.5, 0.6) is 0 Å². The van der Waals surface area contributed by atoms with Gasteiger partial charge in [-0.25, -0.2) is 0 Å². The van der Waals surface area contributed by atoms with Crippen LogP contribution in [0.4, 0.5) is 0 Å². The second-order valence-corrected chi connectivity index (χ2v) is 5.73. The Morgan fingerprint density at radius 2 is 2.42 bits per heavy atom. The molecule has 4 nitrogen and oxygen atoms in total. The van der Waals surface area contributed by atoms with Crippen molar-refractivity contribution >= 4 is 33.4 Å². The maximum atomic E-state index is 11.8. The van der Waals surface area contributed by atoms with Gasteiger partial charge in [-0.3, -0.25) is 9.69 Å². The van der Waals surface area contributed by atoms with E-state index in [9.17, 15) is 4.79 Å². The molecule has 2 rings (SSSR count). The molecule has 0 bridgehead atoms. The van der Waals surface area contributed by atoms with Gasteiger partial charge >= 0.3 is 0 Å². The molecule has 1 N–H and O–H groups in total. The lowest BCUT2D eigenvalue weighted by Crippen LogP contribution is -2.52. The first-order valence-electron chi connectivity index (χ1n) is 6.09. The molecular formula is C13H16BrClN2O2. The predicted octanol–water partition coefficient (Wildman–Crippen LogP) is 2.05. The quantitative estimate of drug-likeness (QED) is 0.910. The van der Waals surface area contributed by atoms with Crippen molar-refractivity contribution in [2.75, 3.05) is 26.8 Å². The number of hydrogen-bond donors (Lipinski definition) is 1. The number of halogens is 2. The summed E-state index contributed by atoms with van der Waals surface area (Å²) in [5.41, 5.74) is 1.01. The highest BCUT2D eigenvalue weighted by atomic mass is 79.9. The Kier molecular flexibility index (Phi) is 5.21. The topological polar surface area (TPSA) is 41.6 Å². The van der Waals surface area contributed by atoms with Crippen molar-refractivity contribution < 1.29 is 9.53 Å². The molecule has 1 atom stereocenters. The number of nitrogens with zero attached hydrogens (tertiary/aromatic N) is 1. The third-order valence-corrected chi connectivity index (χ3v) is 4.02. The lowest BCUT2D eigenvalue weighted by molar-refractivity contribution is -0.132. The fourth-order valence-corrected chi connectivity index (χ4v) is 2.84. The number of benzene rings is 1. The van der Waals surface area contributed by atoms with Gasteiger partial charge in [0.15, 0.2) is 0 Å². The molecule has 0 radical (unpaired) electrons. The van der Waals surface area contributed by atoms with Crippen molar-refractivity contribution in [1.29, 1.82) is 0 Å². The van der Waals surface area contributed by atoms with Crippen LogP contribution < -0.4 is 5.32 Å². The number of likely N-dealkylation sites (N-methyl/N-ethyl adjacent to an activating group) is 1. The van der Waals surface area contributed by atoms with Gasteiger partial charge in [0.2, 0.25) is 5.91 Å². The number of morpholine rings is 1. The number of hydrogen-bond acceptors (Lipinski definition) is 3. The Morgan fingerprint density at radius 3 is 3.11 bits per heavy atom. The Balaban J connectivity index is 2.13. The van der Waals surface area contributed by atoms with Gasteiger partial charge in [-0.15, -0.1) is 0 Å². The van der Waals surface area contributed by atoms with Crippen molar-refractivity contribution in [3.8, 4) is 0 Å². The molecule has 1 heterocycles. The van der Waals surface area contributed by atoms with E-state index < -0.39 is 0 Å². The standard InChI is InChI=1S/C13H16BrClN2O2/c1-16-13(18)12-8-19-5-4-17(12)7-9-2-3-10(14)6-11(9)15/h2-3,6,12H,4-5,7-8H2,1H3,(H,16,18). The van der Waals surface area contributed by atoms with Crippen molar-refractivity contribution in [2.45, 2.75) is 12.6 Å². The third kappa shape index (κ3) is 3.69. The van der Waals surface area contributed by atoms with E-state index in [0.717, 1.165) is 16.6 Å². The summed E-state index contributed by atoms with van der Waals surface area (Å²) in [6, 6.07) is 5.55. The summed E-state index contributed by atoms with van der Waals surface area (Å²) in [4.78, 5) is 13.9. The Morgan fingerprint density at radius 1 is 1.63 bits per heavy atom. The number of amides is 1. The van der Waals surface area contributed by atoms with Gasteiger partial charge in [-0.2, -0.15) is 0 Å². The second-order valence-electron chi connectivity index (χ2n) is 4.41. The first-order valence-corrected chi connectivity index (χ1v) is 7.26. The lowest BCUT2D eigenvalue weighted by Gasteiger charge is -2.34. The molecule has 19 heavy (non-hydrogen) atoms. The normalized spacial score (nSPS) is 20.3. The first-order chi connectivity index (χ1) is 9.11. The molecule has 0 spiro atoms. The zero-order valence-corrected chi connectivity index (χ0v) is 13.0. The van der Waals surface area contributed by atoms with Gasteiger partial charge in [0.1, 0.15) is 6.04 Å². The van der Waals surface area contributed by atoms with Crippen LogP contribution in [0.15, 0.2) is 22.7 Å². The van der Waals surface area contributed by atoms with E-state index in [1.807, 2.05) is 18.2 Å². The van der Waals surface area contributed by atoms with Gasteiger partial charge in [0.05, 0.1) is 13.2 Å². The highest BCUT2D eigenvalue weighted by Crippen LogP contribution is 2.23. The van der Waals surface area contributed by atoms with E-state index in [-0.39, 0.29) is 11.9 Å². The Bertz CT molecular complexity index is 470. The Labute approximate surface area is 126 Å². The molecule has 0 aromatic heterocycles. The maximum absolute atomic E-state index is 11.8. The molecule has 104 valence electrons. The zero-order valence-electron chi connectivity index (χ0n) is 10.7. The van der Waals surface area contributed by atoms with Crippen LogP contribution in [0, 0.1) is 0 Å². The number of carbonyl (C=O) groups excluding carboxylic acids is 1. The monoisotopic (exact) mass is 346 g/mol. The second kappa shape index (κ2) is 6.70. The summed E-state index contributed by atoms with van der Waals surface area (Å²) in [6.07, 6.45) is 0. The summed E-state index contributed by atoms with van der Waals surface area (Å²) in [5, 5.41) is 3.38. The number of rotatable bonds is 3. The Hall–Kier alpha value is -0.620. The summed E-state index contributed by atoms with van der Waals surface area (Å²) >= 11 is 9.61. The van der Waals surface area contributed by atoms with Crippen LogP contribution in [0.2, 0.25) is 5.02 Å². The van der Waals surface area contributed by atoms with Gasteiger partial charge in [0, 0.05) is 29.6 Å². The molecule has 0 aliphatic carbocycles. The van der Waals surface area contributed by atoms with E-state index in [1.165, 1.54) is 0 Å². The van der Waals surface area contributed by atoms with Crippen LogP contribution in [0.3, 0.4) is 0 Å². The van der Waals surface area contributed by atoms with Crippen LogP contribution in [-0.2, 0) is 16.1 Å². The third-order valence-electron chi connectivity index (χ3n) is 3.18. The molecule has 0 saturated carbocycles. The molecule has 1 aromatic rings. The lowest BCUT2D eigenvalue weighted by atomic mass is 10.1. The summed E-state index contributed by atoms with van der Waals surface area (Å²) in [5.74, 6) is -0.0204. The predicted molar refractivity (Wildman–Crippen MR) is 78.2 cm³/mol. The zero-order chi connectivity index (χ0) is 13.8. The van der Waals surface area contributed by atoms with E-state index in [4.69, 9.17) is 16.3 Å². The molecule has 1 saturated heterocycles. The SMILES string of the molecule is CNC(=O)C1COCCN1Cc1ccc(Br)cc1Cl. The van der Waals surface area contributed by atoms with E-state index in [1.54, 1.807) is 7.05 Å². The summed E-state index contributed by atoms with van der Waals surface area (Å²) < 4.78 is 6.33. The molecule has 1 aliphatic heterocycles. The fraction of sp³-hybridized carbons (Fsp3) is 0.462. The number of nitrogens with one attached hydrogen (secondary N) is 1. The van der Waals surface area contributed by atoms with Crippen LogP contribution in [0.1, 0.15) is 5.56 Å². The van der Waals surface area contributed by atoms with Crippen LogP contribution in [-0.4, -0.2) is 43.7 Å². The maximum Gasteiger partial charge on any atom is 0.239 e.